The van der Waals surface area contributed by atoms with Crippen molar-refractivity contribution in [2.75, 3.05) is 25.6 Å². The Morgan fingerprint density at radius 1 is 1.00 bits per heavy atom. The van der Waals surface area contributed by atoms with Gasteiger partial charge in [0.25, 0.3) is 0 Å². The van der Waals surface area contributed by atoms with Crippen LogP contribution in [0.5, 0.6) is 5.75 Å². The molecule has 2 aromatic carbocycles. The van der Waals surface area contributed by atoms with Crippen LogP contribution in [-0.2, 0) is 6.42 Å². The van der Waals surface area contributed by atoms with Crippen LogP contribution in [0.25, 0.3) is 21.9 Å². The fraction of sp³-hybridized carbons (Fsp3) is 0.211. The summed E-state index contributed by atoms with van der Waals surface area (Å²) in [5, 5.41) is 2.35. The Balaban J connectivity index is 2.03. The van der Waals surface area contributed by atoms with E-state index in [0.29, 0.717) is 0 Å². The van der Waals surface area contributed by atoms with Crippen molar-refractivity contribution in [3.8, 4) is 16.9 Å². The summed E-state index contributed by atoms with van der Waals surface area (Å²) in [6, 6.07) is 12.6. The van der Waals surface area contributed by atoms with Crippen LogP contribution < -0.4 is 9.64 Å². The molecule has 1 aliphatic heterocycles. The highest BCUT2D eigenvalue weighted by atomic mass is 16.5. The topological polar surface area (TPSA) is 25.4 Å². The summed E-state index contributed by atoms with van der Waals surface area (Å²) in [4.78, 5) is 6.78. The quantitative estimate of drug-likeness (QED) is 0.715. The van der Waals surface area contributed by atoms with Gasteiger partial charge in [-0.3, -0.25) is 4.98 Å². The van der Waals surface area contributed by atoms with Crippen molar-refractivity contribution in [1.29, 1.82) is 0 Å². The number of rotatable bonds is 2. The first kappa shape index (κ1) is 13.1. The molecule has 1 aromatic heterocycles. The molecule has 0 saturated carbocycles. The fourth-order valence-electron chi connectivity index (χ4n) is 3.41. The van der Waals surface area contributed by atoms with Crippen molar-refractivity contribution < 1.29 is 4.74 Å². The molecule has 22 heavy (non-hydrogen) atoms. The molecular formula is C19H18N2O. The maximum atomic E-state index is 5.51. The molecule has 110 valence electrons. The van der Waals surface area contributed by atoms with Gasteiger partial charge in [-0.1, -0.05) is 24.3 Å². The van der Waals surface area contributed by atoms with Crippen molar-refractivity contribution in [3.05, 3.63) is 54.4 Å². The number of benzene rings is 2. The molecule has 0 spiro atoms. The van der Waals surface area contributed by atoms with E-state index < -0.39 is 0 Å². The maximum Gasteiger partial charge on any atom is 0.126 e. The number of hydrogen-bond acceptors (Lipinski definition) is 3. The molecule has 0 aliphatic carbocycles. The number of anilines is 1. The average Bonchev–Trinajstić information content (AvgIpc) is 2.95. The summed E-state index contributed by atoms with van der Waals surface area (Å²) in [6.07, 6.45) is 5.05. The van der Waals surface area contributed by atoms with Crippen molar-refractivity contribution in [1.82, 2.24) is 4.98 Å². The molecule has 2 heterocycles. The number of methoxy groups -OCH3 is 1. The van der Waals surface area contributed by atoms with E-state index in [1.165, 1.54) is 27.8 Å². The van der Waals surface area contributed by atoms with Crippen molar-refractivity contribution in [2.45, 2.75) is 6.42 Å². The second-order valence-electron chi connectivity index (χ2n) is 5.73. The van der Waals surface area contributed by atoms with Crippen LogP contribution in [0.2, 0.25) is 0 Å². The third kappa shape index (κ3) is 1.86. The highest BCUT2D eigenvalue weighted by molar-refractivity contribution is 6.02. The van der Waals surface area contributed by atoms with Gasteiger partial charge in [-0.25, -0.2) is 0 Å². The molecule has 0 bridgehead atoms. The summed E-state index contributed by atoms with van der Waals surface area (Å²) in [5.41, 5.74) is 5.07. The predicted molar refractivity (Wildman–Crippen MR) is 90.7 cm³/mol. The van der Waals surface area contributed by atoms with Crippen molar-refractivity contribution >= 4 is 16.5 Å². The minimum Gasteiger partial charge on any atom is -0.496 e. The van der Waals surface area contributed by atoms with Crippen LogP contribution >= 0.6 is 0 Å². The van der Waals surface area contributed by atoms with Gasteiger partial charge in [-0.2, -0.15) is 0 Å². The van der Waals surface area contributed by atoms with Gasteiger partial charge in [0.1, 0.15) is 5.75 Å². The van der Waals surface area contributed by atoms with Crippen LogP contribution in [0.15, 0.2) is 48.8 Å². The van der Waals surface area contributed by atoms with Crippen LogP contribution in [0.3, 0.4) is 0 Å². The maximum absolute atomic E-state index is 5.51. The first-order chi connectivity index (χ1) is 10.8. The molecule has 3 heteroatoms. The molecule has 0 N–H and O–H groups in total. The molecule has 3 aromatic rings. The monoisotopic (exact) mass is 290 g/mol. The first-order valence-electron chi connectivity index (χ1n) is 7.53. The number of pyridine rings is 1. The Kier molecular flexibility index (Phi) is 3.00. The Labute approximate surface area is 130 Å². The summed E-state index contributed by atoms with van der Waals surface area (Å²) in [7, 11) is 3.87. The normalized spacial score (nSPS) is 13.5. The summed E-state index contributed by atoms with van der Waals surface area (Å²) < 4.78 is 5.51. The molecule has 4 rings (SSSR count). The van der Waals surface area contributed by atoms with E-state index in [2.05, 4.69) is 47.3 Å². The standard InChI is InChI=1S/C19H18N2O/c1-21-10-9-13-11-20-12-17(19(13)21)15-7-8-18(22-2)16-6-4-3-5-14(15)16/h3-8,11-12H,9-10H2,1-2H3. The van der Waals surface area contributed by atoms with Gasteiger partial charge in [-0.15, -0.1) is 0 Å². The molecule has 3 nitrogen and oxygen atoms in total. The molecule has 0 unspecified atom stereocenters. The first-order valence-corrected chi connectivity index (χ1v) is 7.53. The van der Waals surface area contributed by atoms with Gasteiger partial charge >= 0.3 is 0 Å². The molecular weight excluding hydrogens is 272 g/mol. The molecule has 0 fully saturated rings. The Hall–Kier alpha value is -2.55. The van der Waals surface area contributed by atoms with Crippen molar-refractivity contribution in [2.24, 2.45) is 0 Å². The van der Waals surface area contributed by atoms with Crippen LogP contribution in [0, 0.1) is 0 Å². The number of nitrogens with zero attached hydrogens (tertiary/aromatic N) is 2. The second-order valence-corrected chi connectivity index (χ2v) is 5.73. The minimum absolute atomic E-state index is 0.910. The van der Waals surface area contributed by atoms with E-state index in [4.69, 9.17) is 4.74 Å². The van der Waals surface area contributed by atoms with E-state index >= 15 is 0 Å². The third-order valence-corrected chi connectivity index (χ3v) is 4.49. The van der Waals surface area contributed by atoms with Gasteiger partial charge in [0, 0.05) is 36.9 Å². The highest BCUT2D eigenvalue weighted by Gasteiger charge is 2.21. The van der Waals surface area contributed by atoms with Gasteiger partial charge in [0.2, 0.25) is 0 Å². The number of aromatic nitrogens is 1. The van der Waals surface area contributed by atoms with Crippen LogP contribution in [0.4, 0.5) is 5.69 Å². The SMILES string of the molecule is COc1ccc(-c2cncc3c2N(C)CC3)c2ccccc12. The summed E-state index contributed by atoms with van der Waals surface area (Å²) in [6.45, 7) is 1.06. The zero-order valence-electron chi connectivity index (χ0n) is 12.8. The molecule has 0 amide bonds. The highest BCUT2D eigenvalue weighted by Crippen LogP contribution is 2.41. The van der Waals surface area contributed by atoms with Gasteiger partial charge in [0.15, 0.2) is 0 Å². The fourth-order valence-corrected chi connectivity index (χ4v) is 3.41. The van der Waals surface area contributed by atoms with Crippen LogP contribution in [0.1, 0.15) is 5.56 Å². The zero-order valence-corrected chi connectivity index (χ0v) is 12.8. The number of ether oxygens (including phenoxy) is 1. The number of fused-ring (bicyclic) bond motifs is 2. The lowest BCUT2D eigenvalue weighted by molar-refractivity contribution is 0.420. The van der Waals surface area contributed by atoms with Crippen molar-refractivity contribution in [3.63, 3.8) is 0 Å². The Morgan fingerprint density at radius 2 is 1.82 bits per heavy atom. The second kappa shape index (κ2) is 5.02. The molecule has 1 aliphatic rings. The third-order valence-electron chi connectivity index (χ3n) is 4.49. The smallest absolute Gasteiger partial charge is 0.126 e. The lowest BCUT2D eigenvalue weighted by atomic mass is 9.96. The van der Waals surface area contributed by atoms with Gasteiger partial charge in [-0.05, 0) is 35.1 Å². The average molecular weight is 290 g/mol. The molecule has 0 atom stereocenters. The Morgan fingerprint density at radius 3 is 2.64 bits per heavy atom. The van der Waals surface area contributed by atoms with E-state index in [1.807, 2.05) is 18.5 Å². The number of hydrogen-bond donors (Lipinski definition) is 0. The largest absolute Gasteiger partial charge is 0.496 e. The molecule has 0 radical (unpaired) electrons. The lowest BCUT2D eigenvalue weighted by Crippen LogP contribution is -2.13. The van der Waals surface area contributed by atoms with Crippen LogP contribution in [-0.4, -0.2) is 25.7 Å². The van der Waals surface area contributed by atoms with E-state index in [9.17, 15) is 0 Å². The van der Waals surface area contributed by atoms with E-state index in [1.54, 1.807) is 7.11 Å². The molecule has 0 saturated heterocycles. The summed E-state index contributed by atoms with van der Waals surface area (Å²) in [5.74, 6) is 0.910. The lowest BCUT2D eigenvalue weighted by Gasteiger charge is -2.18. The van der Waals surface area contributed by atoms with Gasteiger partial charge in [0.05, 0.1) is 12.8 Å². The minimum atomic E-state index is 0.910. The van der Waals surface area contributed by atoms with E-state index in [0.717, 1.165) is 24.1 Å². The predicted octanol–water partition coefficient (Wildman–Crippen LogP) is 3.90. The Bertz CT molecular complexity index is 857. The summed E-state index contributed by atoms with van der Waals surface area (Å²) >= 11 is 0. The number of likely N-dealkylation sites (N-methyl/N-ethyl adjacent to an activating group) is 1. The van der Waals surface area contributed by atoms with Gasteiger partial charge < -0.3 is 9.64 Å². The zero-order chi connectivity index (χ0) is 15.1. The van der Waals surface area contributed by atoms with E-state index in [-0.39, 0.29) is 0 Å².